The number of nitrogens with zero attached hydrogens (tertiary/aromatic N) is 2. The van der Waals surface area contributed by atoms with Gasteiger partial charge in [0.1, 0.15) is 6.61 Å². The Hall–Kier alpha value is -3.85. The lowest BCUT2D eigenvalue weighted by molar-refractivity contribution is -0.135. The Morgan fingerprint density at radius 1 is 1.08 bits per heavy atom. The minimum absolute atomic E-state index is 0.0953. The Bertz CT molecular complexity index is 1320. The number of aliphatic hydroxyl groups excluding tert-OH is 1. The van der Waals surface area contributed by atoms with Crippen LogP contribution in [-0.2, 0) is 18.3 Å². The van der Waals surface area contributed by atoms with Crippen LogP contribution in [0.3, 0.4) is 0 Å². The number of benzene rings is 2. The number of rotatable bonds is 8. The Morgan fingerprint density at radius 2 is 1.76 bits per heavy atom. The third-order valence-electron chi connectivity index (χ3n) is 6.93. The number of hydrogen-bond acceptors (Lipinski definition) is 5. The second-order valence-electron chi connectivity index (χ2n) is 9.89. The normalized spacial score (nSPS) is 14.1. The van der Waals surface area contributed by atoms with E-state index < -0.39 is 6.61 Å². The monoisotopic (exact) mass is 520 g/mol. The Kier molecular flexibility index (Phi) is 8.36. The fourth-order valence-electron chi connectivity index (χ4n) is 4.92. The van der Waals surface area contributed by atoms with Crippen LogP contribution in [0.15, 0.2) is 42.5 Å². The van der Waals surface area contributed by atoms with E-state index in [1.165, 1.54) is 0 Å². The first-order chi connectivity index (χ1) is 18.2. The molecule has 0 atom stereocenters. The molecule has 3 amide bonds. The number of ether oxygens (including phenoxy) is 1. The van der Waals surface area contributed by atoms with Crippen LogP contribution in [0.1, 0.15) is 60.0 Å². The predicted molar refractivity (Wildman–Crippen MR) is 147 cm³/mol. The largest absolute Gasteiger partial charge is 0.488 e. The summed E-state index contributed by atoms with van der Waals surface area (Å²) in [5.41, 5.74) is 3.44. The molecule has 1 aromatic heterocycles. The summed E-state index contributed by atoms with van der Waals surface area (Å²) in [7, 11) is 1.84. The van der Waals surface area contributed by atoms with E-state index in [2.05, 4.69) is 10.6 Å². The average Bonchev–Trinajstić information content (AvgIpc) is 3.18. The SMILES string of the molecule is CCc1cc2c(cc1NC(=O)c1ccccc1)c(OC(C)C)c(C(=O)NC1CCN(C(=O)CO)CC1)n2C. The van der Waals surface area contributed by atoms with E-state index in [0.717, 1.165) is 16.5 Å². The number of nitrogens with one attached hydrogen (secondary N) is 2. The quantitative estimate of drug-likeness (QED) is 0.421. The van der Waals surface area contributed by atoms with E-state index >= 15 is 0 Å². The summed E-state index contributed by atoms with van der Waals surface area (Å²) >= 11 is 0. The number of carbonyl (C=O) groups excluding carboxylic acids is 3. The molecular formula is C29H36N4O5. The van der Waals surface area contributed by atoms with Crippen molar-refractivity contribution in [2.75, 3.05) is 25.0 Å². The average molecular weight is 521 g/mol. The zero-order valence-electron chi connectivity index (χ0n) is 22.4. The summed E-state index contributed by atoms with van der Waals surface area (Å²) in [6.45, 7) is 6.31. The Labute approximate surface area is 222 Å². The first-order valence-electron chi connectivity index (χ1n) is 13.1. The van der Waals surface area contributed by atoms with Gasteiger partial charge in [0.2, 0.25) is 5.91 Å². The van der Waals surface area contributed by atoms with Crippen molar-refractivity contribution in [2.24, 2.45) is 7.05 Å². The second kappa shape index (κ2) is 11.7. The van der Waals surface area contributed by atoms with Crippen LogP contribution in [0.2, 0.25) is 0 Å². The van der Waals surface area contributed by atoms with Crippen LogP contribution in [0, 0.1) is 0 Å². The van der Waals surface area contributed by atoms with E-state index in [1.807, 2.05) is 62.7 Å². The van der Waals surface area contributed by atoms with Gasteiger partial charge in [-0.05, 0) is 62.9 Å². The highest BCUT2D eigenvalue weighted by molar-refractivity contribution is 6.08. The zero-order valence-corrected chi connectivity index (χ0v) is 22.4. The van der Waals surface area contributed by atoms with Gasteiger partial charge in [-0.15, -0.1) is 0 Å². The minimum atomic E-state index is -0.504. The Balaban J connectivity index is 1.66. The number of amides is 3. The molecular weight excluding hydrogens is 484 g/mol. The molecule has 1 saturated heterocycles. The van der Waals surface area contributed by atoms with Crippen LogP contribution in [0.5, 0.6) is 5.75 Å². The van der Waals surface area contributed by atoms with Crippen molar-refractivity contribution in [3.05, 3.63) is 59.3 Å². The molecule has 202 valence electrons. The first-order valence-corrected chi connectivity index (χ1v) is 13.1. The third-order valence-corrected chi connectivity index (χ3v) is 6.93. The lowest BCUT2D eigenvalue weighted by Gasteiger charge is -2.32. The van der Waals surface area contributed by atoms with Crippen molar-refractivity contribution in [1.29, 1.82) is 0 Å². The van der Waals surface area contributed by atoms with Gasteiger partial charge in [-0.25, -0.2) is 0 Å². The molecule has 9 nitrogen and oxygen atoms in total. The van der Waals surface area contributed by atoms with E-state index in [1.54, 1.807) is 17.0 Å². The molecule has 0 spiro atoms. The molecule has 0 aliphatic carbocycles. The van der Waals surface area contributed by atoms with Crippen molar-refractivity contribution in [2.45, 2.75) is 52.2 Å². The van der Waals surface area contributed by atoms with Gasteiger partial charge in [-0.3, -0.25) is 14.4 Å². The van der Waals surface area contributed by atoms with Gasteiger partial charge in [0.25, 0.3) is 11.8 Å². The summed E-state index contributed by atoms with van der Waals surface area (Å²) in [5.74, 6) is -0.274. The number of likely N-dealkylation sites (tertiary alicyclic amines) is 1. The molecule has 0 saturated carbocycles. The molecule has 2 aromatic carbocycles. The highest BCUT2D eigenvalue weighted by atomic mass is 16.5. The van der Waals surface area contributed by atoms with Crippen molar-refractivity contribution in [1.82, 2.24) is 14.8 Å². The van der Waals surface area contributed by atoms with Gasteiger partial charge >= 0.3 is 0 Å². The molecule has 4 rings (SSSR count). The summed E-state index contributed by atoms with van der Waals surface area (Å²) in [4.78, 5) is 39.9. The van der Waals surface area contributed by atoms with Crippen molar-refractivity contribution >= 4 is 34.3 Å². The summed E-state index contributed by atoms with van der Waals surface area (Å²) in [6.07, 6.45) is 1.74. The van der Waals surface area contributed by atoms with Gasteiger partial charge < -0.3 is 29.9 Å². The van der Waals surface area contributed by atoms with E-state index in [9.17, 15) is 14.4 Å². The number of piperidine rings is 1. The van der Waals surface area contributed by atoms with Crippen LogP contribution in [0.4, 0.5) is 5.69 Å². The second-order valence-corrected chi connectivity index (χ2v) is 9.89. The lowest BCUT2D eigenvalue weighted by atomic mass is 10.0. The van der Waals surface area contributed by atoms with Crippen LogP contribution >= 0.6 is 0 Å². The molecule has 0 radical (unpaired) electrons. The molecule has 1 aliphatic heterocycles. The van der Waals surface area contributed by atoms with Crippen LogP contribution in [-0.4, -0.2) is 64.1 Å². The number of aryl methyl sites for hydroxylation is 2. The minimum Gasteiger partial charge on any atom is -0.488 e. The number of anilines is 1. The molecule has 2 heterocycles. The molecule has 1 aliphatic rings. The van der Waals surface area contributed by atoms with E-state index in [0.29, 0.717) is 55.0 Å². The van der Waals surface area contributed by atoms with Gasteiger partial charge in [-0.1, -0.05) is 25.1 Å². The maximum absolute atomic E-state index is 13.6. The fraction of sp³-hybridized carbons (Fsp3) is 0.414. The maximum Gasteiger partial charge on any atom is 0.272 e. The Morgan fingerprint density at radius 3 is 2.37 bits per heavy atom. The predicted octanol–water partition coefficient (Wildman–Crippen LogP) is 3.49. The smallest absolute Gasteiger partial charge is 0.272 e. The van der Waals surface area contributed by atoms with Gasteiger partial charge in [0, 0.05) is 42.8 Å². The molecule has 3 aromatic rings. The number of aliphatic hydroxyl groups is 1. The number of hydrogen-bond donors (Lipinski definition) is 3. The standard InChI is InChI=1S/C29H36N4O5/c1-5-19-15-24-22(16-23(19)31-28(36)20-9-7-6-8-10-20)27(38-18(2)3)26(32(24)4)29(37)30-21-11-13-33(14-12-21)25(35)17-34/h6-10,15-16,18,21,34H,5,11-14,17H2,1-4H3,(H,30,37)(H,31,36). The van der Waals surface area contributed by atoms with Crippen molar-refractivity contribution in [3.8, 4) is 5.75 Å². The molecule has 38 heavy (non-hydrogen) atoms. The lowest BCUT2D eigenvalue weighted by Crippen LogP contribution is -2.47. The summed E-state index contributed by atoms with van der Waals surface area (Å²) < 4.78 is 8.04. The molecule has 0 bridgehead atoms. The highest BCUT2D eigenvalue weighted by Crippen LogP contribution is 2.37. The van der Waals surface area contributed by atoms with Crippen LogP contribution < -0.4 is 15.4 Å². The molecule has 1 fully saturated rings. The topological polar surface area (TPSA) is 113 Å². The number of fused-ring (bicyclic) bond motifs is 1. The van der Waals surface area contributed by atoms with Gasteiger partial charge in [0.15, 0.2) is 11.4 Å². The van der Waals surface area contributed by atoms with Gasteiger partial charge in [-0.2, -0.15) is 0 Å². The fourth-order valence-corrected chi connectivity index (χ4v) is 4.92. The number of aromatic nitrogens is 1. The van der Waals surface area contributed by atoms with Crippen LogP contribution in [0.25, 0.3) is 10.9 Å². The number of carbonyl (C=O) groups is 3. The van der Waals surface area contributed by atoms with Crippen molar-refractivity contribution < 1.29 is 24.2 Å². The zero-order chi connectivity index (χ0) is 27.4. The van der Waals surface area contributed by atoms with E-state index in [-0.39, 0.29) is 29.9 Å². The maximum atomic E-state index is 13.6. The van der Waals surface area contributed by atoms with Gasteiger partial charge in [0.05, 0.1) is 11.6 Å². The summed E-state index contributed by atoms with van der Waals surface area (Å²) in [5, 5.41) is 16.0. The van der Waals surface area contributed by atoms with E-state index in [4.69, 9.17) is 9.84 Å². The molecule has 3 N–H and O–H groups in total. The molecule has 9 heteroatoms. The third kappa shape index (κ3) is 5.67. The summed E-state index contributed by atoms with van der Waals surface area (Å²) in [6, 6.07) is 12.8. The van der Waals surface area contributed by atoms with Crippen molar-refractivity contribution in [3.63, 3.8) is 0 Å². The highest BCUT2D eigenvalue weighted by Gasteiger charge is 2.29. The first kappa shape index (κ1) is 27.2. The molecule has 0 unspecified atom stereocenters.